The molecule has 0 unspecified atom stereocenters. The van der Waals surface area contributed by atoms with Crippen molar-refractivity contribution in [3.8, 4) is 5.75 Å². The van der Waals surface area contributed by atoms with E-state index in [2.05, 4.69) is 18.4 Å². The fraction of sp³-hybridized carbons (Fsp3) is 0.250. The van der Waals surface area contributed by atoms with Crippen LogP contribution >= 0.6 is 0 Å². The van der Waals surface area contributed by atoms with Crippen LogP contribution in [-0.4, -0.2) is 17.5 Å². The summed E-state index contributed by atoms with van der Waals surface area (Å²) in [5.74, 6) is 0.145. The Hall–Kier alpha value is -2.30. The molecule has 21 heavy (non-hydrogen) atoms. The average molecular weight is 281 g/mol. The van der Waals surface area contributed by atoms with Gasteiger partial charge in [-0.25, -0.2) is 0 Å². The molecule has 0 fully saturated rings. The van der Waals surface area contributed by atoms with Crippen molar-refractivity contribution in [3.63, 3.8) is 0 Å². The van der Waals surface area contributed by atoms with Crippen molar-refractivity contribution >= 4 is 25.3 Å². The molecule has 108 valence electrons. The van der Waals surface area contributed by atoms with E-state index < -0.39 is 0 Å². The summed E-state index contributed by atoms with van der Waals surface area (Å²) in [5.41, 5.74) is 15.6. The van der Waals surface area contributed by atoms with Crippen LogP contribution in [0.25, 0.3) is 11.8 Å². The molecule has 5 heteroatoms. The van der Waals surface area contributed by atoms with Crippen LogP contribution < -0.4 is 11.5 Å². The van der Waals surface area contributed by atoms with Gasteiger partial charge in [0.25, 0.3) is 0 Å². The van der Waals surface area contributed by atoms with E-state index in [0.29, 0.717) is 23.3 Å². The minimum absolute atomic E-state index is 0.145. The molecule has 1 aromatic carbocycles. The van der Waals surface area contributed by atoms with E-state index in [1.165, 1.54) is 0 Å². The average Bonchev–Trinajstić information content (AvgIpc) is 2.75. The number of rotatable bonds is 4. The summed E-state index contributed by atoms with van der Waals surface area (Å²) in [6, 6.07) is 9.03. The molecular weight excluding hydrogens is 261 g/mol. The van der Waals surface area contributed by atoms with Crippen molar-refractivity contribution in [2.24, 2.45) is 5.73 Å². The largest absolute Gasteiger partial charge is 0.507 e. The number of hydrogen-bond donors (Lipinski definition) is 3. The zero-order valence-electron chi connectivity index (χ0n) is 12.4. The third-order valence-corrected chi connectivity index (χ3v) is 3.42. The van der Waals surface area contributed by atoms with Gasteiger partial charge in [0.1, 0.15) is 5.75 Å². The first-order valence-electron chi connectivity index (χ1n) is 6.90. The predicted octanol–water partition coefficient (Wildman–Crippen LogP) is 2.48. The second-order valence-electron chi connectivity index (χ2n) is 5.26. The second kappa shape index (κ2) is 6.00. The summed E-state index contributed by atoms with van der Waals surface area (Å²) < 4.78 is 2.06. The molecule has 0 aliphatic heterocycles. The van der Waals surface area contributed by atoms with E-state index in [-0.39, 0.29) is 11.8 Å². The van der Waals surface area contributed by atoms with Gasteiger partial charge >= 0.3 is 0 Å². The SMILES string of the molecule is [B]Cc1cc(N)c(/C=C(\N)c2ccccc2O)n1C(C)C. The lowest BCUT2D eigenvalue weighted by Crippen LogP contribution is -2.09. The van der Waals surface area contributed by atoms with Crippen LogP contribution in [0.5, 0.6) is 5.75 Å². The lowest BCUT2D eigenvalue weighted by Gasteiger charge is -2.16. The van der Waals surface area contributed by atoms with Gasteiger partial charge in [0.15, 0.2) is 0 Å². The Morgan fingerprint density at radius 3 is 2.62 bits per heavy atom. The quantitative estimate of drug-likeness (QED) is 0.753. The number of nitrogens with two attached hydrogens (primary N) is 2. The normalized spacial score (nSPS) is 12.0. The minimum Gasteiger partial charge on any atom is -0.507 e. The Labute approximate surface area is 126 Å². The first-order chi connectivity index (χ1) is 9.95. The van der Waals surface area contributed by atoms with E-state index in [9.17, 15) is 5.11 Å². The van der Waals surface area contributed by atoms with Crippen molar-refractivity contribution in [1.82, 2.24) is 4.57 Å². The van der Waals surface area contributed by atoms with Crippen LogP contribution in [-0.2, 0) is 6.32 Å². The van der Waals surface area contributed by atoms with E-state index >= 15 is 0 Å². The van der Waals surface area contributed by atoms with Gasteiger partial charge in [-0.05, 0) is 44.4 Å². The topological polar surface area (TPSA) is 77.2 Å². The molecule has 5 N–H and O–H groups in total. The number of para-hydroxylation sites is 1. The maximum Gasteiger partial charge on any atom is 0.124 e. The standard InChI is InChI=1S/C16H20BN3O/c1-10(2)20-11(9-17)7-14(19)15(20)8-13(18)12-5-3-4-6-16(12)21/h3-8,10,21H,9,18-19H2,1-2H3/b13-8-. The third-order valence-electron chi connectivity index (χ3n) is 3.42. The lowest BCUT2D eigenvalue weighted by atomic mass is 10.0. The maximum absolute atomic E-state index is 9.88. The summed E-state index contributed by atoms with van der Waals surface area (Å²) in [6.07, 6.45) is 2.19. The van der Waals surface area contributed by atoms with Crippen LogP contribution in [0.4, 0.5) is 5.69 Å². The molecule has 0 spiro atoms. The highest BCUT2D eigenvalue weighted by Gasteiger charge is 2.14. The van der Waals surface area contributed by atoms with Crippen molar-refractivity contribution < 1.29 is 5.11 Å². The Bertz CT molecular complexity index is 674. The Morgan fingerprint density at radius 2 is 2.05 bits per heavy atom. The summed E-state index contributed by atoms with van der Waals surface area (Å²) in [6.45, 7) is 4.12. The zero-order valence-corrected chi connectivity index (χ0v) is 12.4. The highest BCUT2D eigenvalue weighted by atomic mass is 16.3. The Morgan fingerprint density at radius 1 is 1.38 bits per heavy atom. The summed E-state index contributed by atoms with van der Waals surface area (Å²) >= 11 is 0. The summed E-state index contributed by atoms with van der Waals surface area (Å²) in [4.78, 5) is 0. The van der Waals surface area contributed by atoms with Gasteiger partial charge in [-0.15, -0.1) is 0 Å². The minimum atomic E-state index is 0.145. The molecule has 1 heterocycles. The molecule has 0 atom stereocenters. The first-order valence-corrected chi connectivity index (χ1v) is 6.90. The fourth-order valence-electron chi connectivity index (χ4n) is 2.48. The van der Waals surface area contributed by atoms with Gasteiger partial charge in [-0.1, -0.05) is 12.1 Å². The highest BCUT2D eigenvalue weighted by molar-refractivity contribution is 6.08. The number of nitrogen functional groups attached to an aromatic ring is 1. The molecule has 0 saturated carbocycles. The molecule has 4 nitrogen and oxygen atoms in total. The molecule has 0 aliphatic carbocycles. The number of nitrogens with zero attached hydrogens (tertiary/aromatic N) is 1. The third kappa shape index (κ3) is 2.91. The van der Waals surface area contributed by atoms with Gasteiger partial charge in [-0.2, -0.15) is 0 Å². The zero-order chi connectivity index (χ0) is 15.6. The Balaban J connectivity index is 2.55. The molecule has 0 saturated heterocycles. The number of aromatic nitrogens is 1. The first kappa shape index (κ1) is 15.1. The number of aromatic hydroxyl groups is 1. The molecule has 0 amide bonds. The van der Waals surface area contributed by atoms with E-state index in [0.717, 1.165) is 11.4 Å². The van der Waals surface area contributed by atoms with Gasteiger partial charge in [0.2, 0.25) is 0 Å². The molecule has 2 radical (unpaired) electrons. The summed E-state index contributed by atoms with van der Waals surface area (Å²) in [5, 5.41) is 9.88. The monoisotopic (exact) mass is 281 g/mol. The molecule has 2 aromatic rings. The van der Waals surface area contributed by atoms with Crippen LogP contribution in [0.1, 0.15) is 36.8 Å². The van der Waals surface area contributed by atoms with Crippen molar-refractivity contribution in [1.29, 1.82) is 0 Å². The van der Waals surface area contributed by atoms with Crippen LogP contribution in [0.15, 0.2) is 30.3 Å². The van der Waals surface area contributed by atoms with Crippen molar-refractivity contribution in [2.45, 2.75) is 26.2 Å². The number of anilines is 1. The van der Waals surface area contributed by atoms with Crippen molar-refractivity contribution in [3.05, 3.63) is 47.3 Å². The van der Waals surface area contributed by atoms with E-state index in [1.54, 1.807) is 24.3 Å². The molecule has 1 aromatic heterocycles. The van der Waals surface area contributed by atoms with Crippen LogP contribution in [0.3, 0.4) is 0 Å². The molecular formula is C16H20BN3O. The number of phenols is 1. The van der Waals surface area contributed by atoms with Crippen LogP contribution in [0, 0.1) is 0 Å². The second-order valence-corrected chi connectivity index (χ2v) is 5.26. The van der Waals surface area contributed by atoms with E-state index in [1.807, 2.05) is 12.1 Å². The smallest absolute Gasteiger partial charge is 0.124 e. The van der Waals surface area contributed by atoms with E-state index in [4.69, 9.17) is 19.3 Å². The van der Waals surface area contributed by atoms with Crippen LogP contribution in [0.2, 0.25) is 0 Å². The number of phenolic OH excluding ortho intramolecular Hbond substituents is 1. The van der Waals surface area contributed by atoms with Gasteiger partial charge in [-0.3, -0.25) is 0 Å². The molecule has 0 aliphatic rings. The fourth-order valence-corrected chi connectivity index (χ4v) is 2.48. The van der Waals surface area contributed by atoms with Gasteiger partial charge in [0, 0.05) is 23.0 Å². The molecule has 0 bridgehead atoms. The number of hydrogen-bond acceptors (Lipinski definition) is 3. The highest BCUT2D eigenvalue weighted by Crippen LogP contribution is 2.28. The van der Waals surface area contributed by atoms with Gasteiger partial charge < -0.3 is 21.1 Å². The lowest BCUT2D eigenvalue weighted by molar-refractivity contribution is 0.473. The summed E-state index contributed by atoms with van der Waals surface area (Å²) in [7, 11) is 5.77. The maximum atomic E-state index is 9.88. The molecule has 2 rings (SSSR count). The number of benzene rings is 1. The van der Waals surface area contributed by atoms with Crippen molar-refractivity contribution in [2.75, 3.05) is 5.73 Å². The Kier molecular flexibility index (Phi) is 4.31. The predicted molar refractivity (Wildman–Crippen MR) is 88.9 cm³/mol. The van der Waals surface area contributed by atoms with Gasteiger partial charge in [0.05, 0.1) is 19.2 Å².